The van der Waals surface area contributed by atoms with Crippen LogP contribution in [0.5, 0.6) is 0 Å². The van der Waals surface area contributed by atoms with Gasteiger partial charge in [0.1, 0.15) is 17.0 Å². The van der Waals surface area contributed by atoms with E-state index in [2.05, 4.69) is 19.9 Å². The molecule has 0 unspecified atom stereocenters. The van der Waals surface area contributed by atoms with Crippen molar-refractivity contribution in [2.24, 2.45) is 7.05 Å². The molecule has 3 aromatic heterocycles. The number of aryl methyl sites for hydroxylation is 1. The second-order valence-corrected chi connectivity index (χ2v) is 7.21. The largest absolute Gasteiger partial charge is 0.434 e. The molecule has 0 aliphatic rings. The Labute approximate surface area is 177 Å². The number of carbonyl (C=O) groups is 1. The zero-order valence-electron chi connectivity index (χ0n) is 16.2. The molecule has 0 bridgehead atoms. The van der Waals surface area contributed by atoms with Gasteiger partial charge in [-0.3, -0.25) is 9.36 Å². The Morgan fingerprint density at radius 2 is 1.84 bits per heavy atom. The molecule has 1 N–H and O–H groups in total. The number of rotatable bonds is 4. The molecule has 8 nitrogen and oxygen atoms in total. The first-order valence-corrected chi connectivity index (χ1v) is 9.29. The van der Waals surface area contributed by atoms with E-state index in [9.17, 15) is 22.8 Å². The van der Waals surface area contributed by atoms with E-state index in [1.807, 2.05) is 0 Å². The van der Waals surface area contributed by atoms with Crippen LogP contribution in [0.1, 0.15) is 28.7 Å². The van der Waals surface area contributed by atoms with Crippen LogP contribution in [-0.4, -0.2) is 34.9 Å². The Bertz CT molecular complexity index is 1370. The predicted octanol–water partition coefficient (Wildman–Crippen LogP) is 3.44. The third kappa shape index (κ3) is 3.83. The fraction of sp³-hybridized carbons (Fsp3) is 0.211. The van der Waals surface area contributed by atoms with Crippen molar-refractivity contribution in [3.63, 3.8) is 0 Å². The van der Waals surface area contributed by atoms with Gasteiger partial charge in [-0.15, -0.1) is 0 Å². The third-order valence-corrected chi connectivity index (χ3v) is 4.82. The van der Waals surface area contributed by atoms with Crippen molar-refractivity contribution in [2.45, 2.75) is 19.6 Å². The summed E-state index contributed by atoms with van der Waals surface area (Å²) in [6.07, 6.45) is -3.61. The smallest absolute Gasteiger partial charge is 0.333 e. The summed E-state index contributed by atoms with van der Waals surface area (Å²) in [5, 5.41) is -0.170. The van der Waals surface area contributed by atoms with Crippen LogP contribution in [0.3, 0.4) is 0 Å². The lowest BCUT2D eigenvalue weighted by atomic mass is 10.1. The lowest BCUT2D eigenvalue weighted by Crippen LogP contribution is -2.17. The Kier molecular flexibility index (Phi) is 4.92. The molecule has 1 aromatic carbocycles. The number of aromatic amines is 1. The van der Waals surface area contributed by atoms with Crippen LogP contribution in [0, 0.1) is 0 Å². The summed E-state index contributed by atoms with van der Waals surface area (Å²) in [6.45, 7) is 1.40. The van der Waals surface area contributed by atoms with Gasteiger partial charge in [0, 0.05) is 25.7 Å². The van der Waals surface area contributed by atoms with Gasteiger partial charge in [-0.1, -0.05) is 24.3 Å². The molecular formula is C19H14ClF3N6O2. The molecule has 4 rings (SSSR count). The van der Waals surface area contributed by atoms with Gasteiger partial charge in [-0.05, 0) is 17.2 Å². The zero-order valence-corrected chi connectivity index (χ0v) is 16.9. The first-order valence-electron chi connectivity index (χ1n) is 8.91. The average molecular weight is 451 g/mol. The molecule has 0 aliphatic carbocycles. The number of halogens is 4. The third-order valence-electron chi connectivity index (χ3n) is 4.65. The van der Waals surface area contributed by atoms with Crippen molar-refractivity contribution in [1.29, 1.82) is 0 Å². The molecule has 31 heavy (non-hydrogen) atoms. The van der Waals surface area contributed by atoms with Crippen molar-refractivity contribution in [3.8, 4) is 11.4 Å². The number of fused-ring (bicyclic) bond motifs is 1. The van der Waals surface area contributed by atoms with Crippen LogP contribution in [0.25, 0.3) is 22.6 Å². The number of nitrogens with zero attached hydrogens (tertiary/aromatic N) is 5. The summed E-state index contributed by atoms with van der Waals surface area (Å²) in [5.41, 5.74) is 0.0588. The number of H-pyrrole nitrogens is 1. The number of ketones is 1. The number of carbonyl (C=O) groups excluding carboxylic acids is 1. The maximum Gasteiger partial charge on any atom is 0.434 e. The van der Waals surface area contributed by atoms with Crippen LogP contribution >= 0.6 is 11.6 Å². The summed E-state index contributed by atoms with van der Waals surface area (Å²) in [5.74, 6) is -0.214. The predicted molar refractivity (Wildman–Crippen MR) is 106 cm³/mol. The molecule has 0 aliphatic heterocycles. The van der Waals surface area contributed by atoms with Crippen LogP contribution in [0.4, 0.5) is 13.2 Å². The Morgan fingerprint density at radius 1 is 1.16 bits per heavy atom. The number of Topliss-reactive ketones (excluding diaryl/α,β-unsaturated/α-hetero) is 1. The van der Waals surface area contributed by atoms with Crippen molar-refractivity contribution in [2.75, 3.05) is 0 Å². The lowest BCUT2D eigenvalue weighted by molar-refractivity contribution is -0.140. The van der Waals surface area contributed by atoms with Gasteiger partial charge in [0.2, 0.25) is 5.28 Å². The molecule has 160 valence electrons. The van der Waals surface area contributed by atoms with E-state index < -0.39 is 17.6 Å². The molecule has 0 amide bonds. The molecule has 0 radical (unpaired) electrons. The van der Waals surface area contributed by atoms with E-state index in [-0.39, 0.29) is 40.3 Å². The SMILES string of the molecule is CC(=O)c1nc(Cl)nc2c1[nH]c(=O)n2Cc1ccc(-c2nc(C(F)(F)F)cn2C)cc1. The van der Waals surface area contributed by atoms with Gasteiger partial charge in [-0.25, -0.2) is 14.8 Å². The zero-order chi connectivity index (χ0) is 22.5. The van der Waals surface area contributed by atoms with E-state index in [1.54, 1.807) is 24.3 Å². The summed E-state index contributed by atoms with van der Waals surface area (Å²) in [7, 11) is 1.48. The normalized spacial score (nSPS) is 11.9. The number of hydrogen-bond acceptors (Lipinski definition) is 5. The van der Waals surface area contributed by atoms with Crippen molar-refractivity contribution in [1.82, 2.24) is 29.1 Å². The van der Waals surface area contributed by atoms with Crippen LogP contribution < -0.4 is 5.69 Å². The van der Waals surface area contributed by atoms with E-state index >= 15 is 0 Å². The highest BCUT2D eigenvalue weighted by molar-refractivity contribution is 6.28. The highest BCUT2D eigenvalue weighted by Gasteiger charge is 2.34. The number of imidazole rings is 2. The van der Waals surface area contributed by atoms with Gasteiger partial charge < -0.3 is 9.55 Å². The van der Waals surface area contributed by atoms with E-state index in [0.717, 1.165) is 6.20 Å². The van der Waals surface area contributed by atoms with E-state index in [0.29, 0.717) is 11.1 Å². The summed E-state index contributed by atoms with van der Waals surface area (Å²) in [6, 6.07) is 6.55. The van der Waals surface area contributed by atoms with Gasteiger partial charge in [0.05, 0.1) is 6.54 Å². The number of alkyl halides is 3. The highest BCUT2D eigenvalue weighted by atomic mass is 35.5. The monoisotopic (exact) mass is 450 g/mol. The second kappa shape index (κ2) is 7.34. The molecule has 0 fully saturated rings. The molecule has 0 saturated heterocycles. The molecule has 3 heterocycles. The van der Waals surface area contributed by atoms with Crippen molar-refractivity contribution in [3.05, 3.63) is 63.2 Å². The standard InChI is InChI=1S/C19H14ClF3N6O2/c1-9(30)13-14-16(27-17(20)25-13)29(18(31)26-14)7-10-3-5-11(6-4-10)15-24-12(8-28(15)2)19(21,22)23/h3-6,8H,7H2,1-2H3,(H,26,31). The fourth-order valence-electron chi connectivity index (χ4n) is 3.22. The molecule has 0 saturated carbocycles. The average Bonchev–Trinajstić information content (AvgIpc) is 3.22. The van der Waals surface area contributed by atoms with Crippen molar-refractivity contribution >= 4 is 28.5 Å². The van der Waals surface area contributed by atoms with E-state index in [4.69, 9.17) is 11.6 Å². The first-order chi connectivity index (χ1) is 14.5. The number of nitrogens with one attached hydrogen (secondary N) is 1. The van der Waals surface area contributed by atoms with Gasteiger partial charge in [0.25, 0.3) is 0 Å². The Hall–Kier alpha value is -3.47. The highest BCUT2D eigenvalue weighted by Crippen LogP contribution is 2.30. The maximum absolute atomic E-state index is 12.9. The lowest BCUT2D eigenvalue weighted by Gasteiger charge is -2.06. The summed E-state index contributed by atoms with van der Waals surface area (Å²) in [4.78, 5) is 38.4. The summed E-state index contributed by atoms with van der Waals surface area (Å²) >= 11 is 5.90. The molecule has 0 atom stereocenters. The minimum atomic E-state index is -4.53. The van der Waals surface area contributed by atoms with Crippen LogP contribution in [0.2, 0.25) is 5.28 Å². The fourth-order valence-corrected chi connectivity index (χ4v) is 3.38. The Balaban J connectivity index is 1.69. The van der Waals surface area contributed by atoms with Crippen molar-refractivity contribution < 1.29 is 18.0 Å². The molecular weight excluding hydrogens is 437 g/mol. The Morgan fingerprint density at radius 3 is 2.42 bits per heavy atom. The number of aromatic nitrogens is 6. The minimum absolute atomic E-state index is 0.0106. The molecule has 0 spiro atoms. The van der Waals surface area contributed by atoms with E-state index in [1.165, 1.54) is 23.1 Å². The molecule has 4 aromatic rings. The van der Waals surface area contributed by atoms with Crippen LogP contribution in [-0.2, 0) is 19.8 Å². The maximum atomic E-state index is 12.9. The van der Waals surface area contributed by atoms with Gasteiger partial charge in [0.15, 0.2) is 17.1 Å². The first kappa shape index (κ1) is 20.8. The second-order valence-electron chi connectivity index (χ2n) is 6.87. The number of benzene rings is 1. The van der Waals surface area contributed by atoms with Crippen LogP contribution in [0.15, 0.2) is 35.3 Å². The number of hydrogen-bond donors (Lipinski definition) is 1. The topological polar surface area (TPSA) is 98.5 Å². The van der Waals surface area contributed by atoms with Gasteiger partial charge >= 0.3 is 11.9 Å². The quantitative estimate of drug-likeness (QED) is 0.379. The molecule has 12 heteroatoms. The summed E-state index contributed by atoms with van der Waals surface area (Å²) < 4.78 is 41.3. The minimum Gasteiger partial charge on any atom is -0.333 e. The van der Waals surface area contributed by atoms with Gasteiger partial charge in [-0.2, -0.15) is 18.2 Å².